The molecule has 32 heavy (non-hydrogen) atoms. The van der Waals surface area contributed by atoms with Gasteiger partial charge >= 0.3 is 5.69 Å². The molecule has 10 nitrogen and oxygen atoms in total. The Labute approximate surface area is 182 Å². The van der Waals surface area contributed by atoms with Crippen LogP contribution in [0.15, 0.2) is 64.4 Å². The molecule has 0 aliphatic carbocycles. The van der Waals surface area contributed by atoms with E-state index in [0.29, 0.717) is 30.5 Å². The smallest absolute Gasteiger partial charge is 0.334 e. The van der Waals surface area contributed by atoms with Crippen LogP contribution in [0, 0.1) is 0 Å². The summed E-state index contributed by atoms with van der Waals surface area (Å²) < 4.78 is 6.20. The number of nitrogens with zero attached hydrogens (tertiary/aromatic N) is 6. The van der Waals surface area contributed by atoms with Gasteiger partial charge in [0.2, 0.25) is 5.95 Å². The molecule has 1 aliphatic heterocycles. The number of hydrogen-bond donors (Lipinski definition) is 1. The van der Waals surface area contributed by atoms with Crippen molar-refractivity contribution in [1.29, 1.82) is 0 Å². The molecule has 10 heteroatoms. The minimum atomic E-state index is -0.558. The zero-order valence-corrected chi connectivity index (χ0v) is 17.4. The molecule has 162 valence electrons. The van der Waals surface area contributed by atoms with Crippen LogP contribution in [0.1, 0.15) is 0 Å². The topological polar surface area (TPSA) is 109 Å². The molecule has 0 unspecified atom stereocenters. The van der Waals surface area contributed by atoms with Gasteiger partial charge in [-0.25, -0.2) is 19.3 Å². The standard InChI is InChI=1S/C22H21N7O3/c1-32-16-7-5-15(6-8-16)29-20(30)17-14-24-21(25-19(17)26-22(29)31)28-12-10-27(11-13-28)18-4-2-3-9-23-18/h2-9,14H,10-13H2,1H3,(H,24,25,26,31). The van der Waals surface area contributed by atoms with Crippen LogP contribution in [0.4, 0.5) is 11.8 Å². The Morgan fingerprint density at radius 1 is 0.938 bits per heavy atom. The number of piperazine rings is 1. The number of ether oxygens (including phenoxy) is 1. The molecular weight excluding hydrogens is 410 g/mol. The summed E-state index contributed by atoms with van der Waals surface area (Å²) in [6.07, 6.45) is 3.25. The van der Waals surface area contributed by atoms with Gasteiger partial charge in [-0.15, -0.1) is 0 Å². The Morgan fingerprint density at radius 2 is 1.69 bits per heavy atom. The zero-order valence-electron chi connectivity index (χ0n) is 17.4. The van der Waals surface area contributed by atoms with E-state index in [-0.39, 0.29) is 11.0 Å². The molecular formula is C22H21N7O3. The second-order valence-electron chi connectivity index (χ2n) is 7.36. The van der Waals surface area contributed by atoms with Crippen LogP contribution in [-0.4, -0.2) is 57.8 Å². The Kier molecular flexibility index (Phi) is 5.02. The van der Waals surface area contributed by atoms with Gasteiger partial charge in [-0.05, 0) is 36.4 Å². The molecule has 0 bridgehead atoms. The molecule has 1 saturated heterocycles. The fourth-order valence-corrected chi connectivity index (χ4v) is 3.79. The van der Waals surface area contributed by atoms with E-state index in [4.69, 9.17) is 4.74 Å². The maximum Gasteiger partial charge on any atom is 0.334 e. The number of benzene rings is 1. The molecule has 4 heterocycles. The second-order valence-corrected chi connectivity index (χ2v) is 7.36. The first-order valence-electron chi connectivity index (χ1n) is 10.2. The lowest BCUT2D eigenvalue weighted by Gasteiger charge is -2.35. The van der Waals surface area contributed by atoms with E-state index >= 15 is 0 Å². The van der Waals surface area contributed by atoms with E-state index in [0.717, 1.165) is 23.5 Å². The molecule has 0 amide bonds. The molecule has 0 radical (unpaired) electrons. The number of aromatic amines is 1. The van der Waals surface area contributed by atoms with Crippen LogP contribution >= 0.6 is 0 Å². The largest absolute Gasteiger partial charge is 0.497 e. The number of H-pyrrole nitrogens is 1. The van der Waals surface area contributed by atoms with Crippen molar-refractivity contribution in [2.24, 2.45) is 0 Å². The maximum absolute atomic E-state index is 13.0. The van der Waals surface area contributed by atoms with Crippen molar-refractivity contribution < 1.29 is 4.74 Å². The number of nitrogens with one attached hydrogen (secondary N) is 1. The Bertz CT molecular complexity index is 1360. The van der Waals surface area contributed by atoms with Crippen molar-refractivity contribution in [2.45, 2.75) is 0 Å². The maximum atomic E-state index is 13.0. The number of aromatic nitrogens is 5. The number of fused-ring (bicyclic) bond motifs is 1. The number of anilines is 2. The minimum absolute atomic E-state index is 0.224. The molecule has 1 fully saturated rings. The normalized spacial score (nSPS) is 14.0. The quantitative estimate of drug-likeness (QED) is 0.513. The fraction of sp³-hybridized carbons (Fsp3) is 0.227. The second kappa shape index (κ2) is 8.14. The average Bonchev–Trinajstić information content (AvgIpc) is 2.85. The number of rotatable bonds is 4. The molecule has 0 atom stereocenters. The number of pyridine rings is 1. The van der Waals surface area contributed by atoms with Gasteiger partial charge in [0, 0.05) is 38.6 Å². The molecule has 1 aliphatic rings. The molecule has 3 aromatic heterocycles. The molecule has 0 spiro atoms. The highest BCUT2D eigenvalue weighted by Crippen LogP contribution is 2.17. The summed E-state index contributed by atoms with van der Waals surface area (Å²) in [5.41, 5.74) is -0.367. The Hall–Kier alpha value is -4.21. The van der Waals surface area contributed by atoms with Gasteiger partial charge < -0.3 is 14.5 Å². The first-order valence-corrected chi connectivity index (χ1v) is 10.2. The lowest BCUT2D eigenvalue weighted by atomic mass is 10.3. The lowest BCUT2D eigenvalue weighted by Crippen LogP contribution is -2.47. The highest BCUT2D eigenvalue weighted by Gasteiger charge is 2.21. The monoisotopic (exact) mass is 431 g/mol. The fourth-order valence-electron chi connectivity index (χ4n) is 3.79. The van der Waals surface area contributed by atoms with Crippen molar-refractivity contribution >= 4 is 22.8 Å². The predicted molar refractivity (Wildman–Crippen MR) is 121 cm³/mol. The van der Waals surface area contributed by atoms with Gasteiger partial charge in [0.1, 0.15) is 17.0 Å². The summed E-state index contributed by atoms with van der Waals surface area (Å²) in [5.74, 6) is 2.06. The Balaban J connectivity index is 1.42. The minimum Gasteiger partial charge on any atom is -0.497 e. The van der Waals surface area contributed by atoms with Crippen molar-refractivity contribution in [3.8, 4) is 11.4 Å². The molecule has 1 N–H and O–H groups in total. The summed E-state index contributed by atoms with van der Waals surface area (Å²) in [7, 11) is 1.55. The molecule has 1 aromatic carbocycles. The van der Waals surface area contributed by atoms with Crippen LogP contribution in [0.2, 0.25) is 0 Å². The van der Waals surface area contributed by atoms with E-state index in [1.165, 1.54) is 6.20 Å². The Morgan fingerprint density at radius 3 is 2.38 bits per heavy atom. The van der Waals surface area contributed by atoms with Crippen LogP contribution < -0.4 is 25.8 Å². The third kappa shape index (κ3) is 3.55. The van der Waals surface area contributed by atoms with Gasteiger partial charge in [0.25, 0.3) is 5.56 Å². The van der Waals surface area contributed by atoms with Crippen molar-refractivity contribution in [3.05, 3.63) is 75.7 Å². The average molecular weight is 431 g/mol. The van der Waals surface area contributed by atoms with Gasteiger partial charge in [-0.2, -0.15) is 4.98 Å². The van der Waals surface area contributed by atoms with Gasteiger partial charge in [-0.1, -0.05) is 6.07 Å². The summed E-state index contributed by atoms with van der Waals surface area (Å²) in [4.78, 5) is 45.9. The van der Waals surface area contributed by atoms with E-state index in [9.17, 15) is 9.59 Å². The van der Waals surface area contributed by atoms with E-state index in [1.54, 1.807) is 37.6 Å². The third-order valence-electron chi connectivity index (χ3n) is 5.50. The van der Waals surface area contributed by atoms with Crippen LogP contribution in [0.5, 0.6) is 5.75 Å². The van der Waals surface area contributed by atoms with Gasteiger partial charge in [0.05, 0.1) is 12.8 Å². The summed E-state index contributed by atoms with van der Waals surface area (Å²) in [6.45, 7) is 2.95. The van der Waals surface area contributed by atoms with E-state index in [2.05, 4.69) is 24.8 Å². The highest BCUT2D eigenvalue weighted by molar-refractivity contribution is 5.73. The molecule has 4 aromatic rings. The van der Waals surface area contributed by atoms with Crippen molar-refractivity contribution in [1.82, 2.24) is 24.5 Å². The van der Waals surface area contributed by atoms with Gasteiger partial charge in [-0.3, -0.25) is 9.78 Å². The van der Waals surface area contributed by atoms with E-state index in [1.807, 2.05) is 23.1 Å². The molecule has 5 rings (SSSR count). The van der Waals surface area contributed by atoms with Crippen molar-refractivity contribution in [2.75, 3.05) is 43.1 Å². The zero-order chi connectivity index (χ0) is 22.1. The first-order chi connectivity index (χ1) is 15.6. The highest BCUT2D eigenvalue weighted by atomic mass is 16.5. The van der Waals surface area contributed by atoms with Crippen LogP contribution in [-0.2, 0) is 0 Å². The number of hydrogen-bond acceptors (Lipinski definition) is 8. The lowest BCUT2D eigenvalue weighted by molar-refractivity contribution is 0.414. The predicted octanol–water partition coefficient (Wildman–Crippen LogP) is 1.20. The SMILES string of the molecule is COc1ccc(-n2c(=O)[nH]c3nc(N4CCN(c5ccccn5)CC4)ncc3c2=O)cc1. The molecule has 0 saturated carbocycles. The summed E-state index contributed by atoms with van der Waals surface area (Å²) >= 11 is 0. The van der Waals surface area contributed by atoms with Gasteiger partial charge in [0.15, 0.2) is 5.65 Å². The summed E-state index contributed by atoms with van der Waals surface area (Å²) in [6, 6.07) is 12.5. The van der Waals surface area contributed by atoms with Crippen LogP contribution in [0.3, 0.4) is 0 Å². The summed E-state index contributed by atoms with van der Waals surface area (Å²) in [5, 5.41) is 0.247. The van der Waals surface area contributed by atoms with Crippen LogP contribution in [0.25, 0.3) is 16.7 Å². The van der Waals surface area contributed by atoms with E-state index < -0.39 is 11.2 Å². The number of methoxy groups -OCH3 is 1. The first kappa shape index (κ1) is 19.7. The third-order valence-corrected chi connectivity index (χ3v) is 5.50. The van der Waals surface area contributed by atoms with Crippen molar-refractivity contribution in [3.63, 3.8) is 0 Å².